The molecule has 0 aromatic rings. The zero-order valence-corrected chi connectivity index (χ0v) is 7.20. The first kappa shape index (κ1) is 7.24. The highest BCUT2D eigenvalue weighted by Crippen LogP contribution is 2.52. The highest BCUT2D eigenvalue weighted by atomic mass is 31.1. The molecule has 1 N–H and O–H groups in total. The topological polar surface area (TPSA) is 21.9 Å². The van der Waals surface area contributed by atoms with Crippen molar-refractivity contribution in [2.45, 2.75) is 19.6 Å². The normalized spacial score (nSPS) is 32.9. The zero-order valence-electron chi connectivity index (χ0n) is 6.31. The maximum Gasteiger partial charge on any atom is 0.0648 e. The van der Waals surface area contributed by atoms with E-state index < -0.39 is 0 Å². The van der Waals surface area contributed by atoms with Crippen LogP contribution in [0.25, 0.3) is 0 Å². The van der Waals surface area contributed by atoms with E-state index in [1.165, 1.54) is 5.57 Å². The lowest BCUT2D eigenvalue weighted by Crippen LogP contribution is -2.01. The van der Waals surface area contributed by atoms with Gasteiger partial charge >= 0.3 is 0 Å². The fourth-order valence-electron chi connectivity index (χ4n) is 0.807. The van der Waals surface area contributed by atoms with E-state index in [1.807, 2.05) is 0 Å². The first-order chi connectivity index (χ1) is 4.13. The van der Waals surface area contributed by atoms with Crippen molar-refractivity contribution in [1.29, 1.82) is 0 Å². The van der Waals surface area contributed by atoms with Gasteiger partial charge in [-0.2, -0.15) is 0 Å². The van der Waals surface area contributed by atoms with Crippen molar-refractivity contribution < 1.29 is 0 Å². The molecule has 1 aliphatic rings. The molecule has 2 heteroatoms. The summed E-state index contributed by atoms with van der Waals surface area (Å²) in [6.07, 6.45) is 0. The van der Waals surface area contributed by atoms with Crippen LogP contribution < -0.4 is 5.09 Å². The van der Waals surface area contributed by atoms with Crippen molar-refractivity contribution in [3.63, 3.8) is 0 Å². The van der Waals surface area contributed by atoms with E-state index in [4.69, 9.17) is 0 Å². The van der Waals surface area contributed by atoms with Gasteiger partial charge in [-0.15, -0.1) is 0 Å². The quantitative estimate of drug-likeness (QED) is 0.357. The standard InChI is InChI=1S/C7H14NP/c1-5(2)6(3)7-8-9(7)4/h5,7-8H,3H2,1-2,4H3. The smallest absolute Gasteiger partial charge is 0.0648 e. The van der Waals surface area contributed by atoms with Gasteiger partial charge in [0.2, 0.25) is 0 Å². The van der Waals surface area contributed by atoms with Crippen molar-refractivity contribution in [3.8, 4) is 0 Å². The SMILES string of the molecule is C=C(C(C)C)C1NP1C. The molecule has 0 amide bonds. The summed E-state index contributed by atoms with van der Waals surface area (Å²) in [6, 6.07) is 0. The number of hydrogen-bond acceptors (Lipinski definition) is 1. The van der Waals surface area contributed by atoms with Crippen molar-refractivity contribution in [3.05, 3.63) is 12.2 Å². The molecule has 0 aliphatic carbocycles. The molecule has 0 aromatic carbocycles. The molecule has 9 heavy (non-hydrogen) atoms. The van der Waals surface area contributed by atoms with Crippen LogP contribution in [0.2, 0.25) is 0 Å². The Morgan fingerprint density at radius 1 is 1.67 bits per heavy atom. The Balaban J connectivity index is 2.36. The van der Waals surface area contributed by atoms with Gasteiger partial charge in [0, 0.05) is 0 Å². The second kappa shape index (κ2) is 2.40. The highest BCUT2D eigenvalue weighted by Gasteiger charge is 2.34. The third-order valence-corrected chi connectivity index (χ3v) is 3.36. The van der Waals surface area contributed by atoms with Crippen molar-refractivity contribution in [2.24, 2.45) is 5.92 Å². The molecule has 1 aliphatic heterocycles. The largest absolute Gasteiger partial charge is 0.282 e. The first-order valence-corrected chi connectivity index (χ1v) is 5.16. The monoisotopic (exact) mass is 143 g/mol. The molecule has 1 saturated heterocycles. The highest BCUT2D eigenvalue weighted by molar-refractivity contribution is 7.62. The summed E-state index contributed by atoms with van der Waals surface area (Å²) >= 11 is 0. The molecule has 1 fully saturated rings. The first-order valence-electron chi connectivity index (χ1n) is 3.30. The Morgan fingerprint density at radius 3 is 2.22 bits per heavy atom. The molecule has 1 heterocycles. The van der Waals surface area contributed by atoms with Crippen LogP contribution >= 0.6 is 8.07 Å². The third-order valence-electron chi connectivity index (χ3n) is 1.74. The molecule has 0 radical (unpaired) electrons. The lowest BCUT2D eigenvalue weighted by Gasteiger charge is -2.04. The van der Waals surface area contributed by atoms with Crippen molar-refractivity contribution in [1.82, 2.24) is 5.09 Å². The summed E-state index contributed by atoms with van der Waals surface area (Å²) in [5, 5.41) is 3.38. The van der Waals surface area contributed by atoms with Gasteiger partial charge in [0.05, 0.1) is 5.78 Å². The molecule has 2 unspecified atom stereocenters. The van der Waals surface area contributed by atoms with Crippen LogP contribution in [0.4, 0.5) is 0 Å². The van der Waals surface area contributed by atoms with Crippen LogP contribution in [0.1, 0.15) is 13.8 Å². The molecule has 1 nitrogen and oxygen atoms in total. The van der Waals surface area contributed by atoms with E-state index in [2.05, 4.69) is 32.2 Å². The maximum absolute atomic E-state index is 4.02. The van der Waals surface area contributed by atoms with Gasteiger partial charge in [0.1, 0.15) is 0 Å². The van der Waals surface area contributed by atoms with Crippen LogP contribution in [-0.4, -0.2) is 12.4 Å². The molecule has 0 aromatic heterocycles. The van der Waals surface area contributed by atoms with Gasteiger partial charge in [-0.25, -0.2) is 0 Å². The van der Waals surface area contributed by atoms with Gasteiger partial charge in [-0.3, -0.25) is 5.09 Å². The van der Waals surface area contributed by atoms with Gasteiger partial charge < -0.3 is 0 Å². The summed E-state index contributed by atoms with van der Waals surface area (Å²) in [7, 11) is 0.145. The third kappa shape index (κ3) is 1.53. The van der Waals surface area contributed by atoms with E-state index in [1.54, 1.807) is 0 Å². The van der Waals surface area contributed by atoms with E-state index in [0.29, 0.717) is 11.7 Å². The average molecular weight is 143 g/mol. The minimum absolute atomic E-state index is 0.145. The van der Waals surface area contributed by atoms with Crippen LogP contribution in [0.3, 0.4) is 0 Å². The van der Waals surface area contributed by atoms with E-state index in [9.17, 15) is 0 Å². The van der Waals surface area contributed by atoms with Crippen molar-refractivity contribution in [2.75, 3.05) is 6.66 Å². The lowest BCUT2D eigenvalue weighted by molar-refractivity contribution is 0.743. The van der Waals surface area contributed by atoms with Gasteiger partial charge in [-0.05, 0) is 20.7 Å². The summed E-state index contributed by atoms with van der Waals surface area (Å²) in [5.41, 5.74) is 1.38. The number of rotatable bonds is 2. The Bertz CT molecular complexity index is 131. The molecule has 1 rings (SSSR count). The zero-order chi connectivity index (χ0) is 7.02. The van der Waals surface area contributed by atoms with Crippen LogP contribution in [0, 0.1) is 5.92 Å². The second-order valence-electron chi connectivity index (χ2n) is 2.87. The Labute approximate surface area is 58.3 Å². The van der Waals surface area contributed by atoms with Crippen LogP contribution in [-0.2, 0) is 0 Å². The summed E-state index contributed by atoms with van der Waals surface area (Å²) in [6.45, 7) is 10.7. The van der Waals surface area contributed by atoms with E-state index in [-0.39, 0.29) is 8.07 Å². The molecule has 2 atom stereocenters. The van der Waals surface area contributed by atoms with Gasteiger partial charge in [0.15, 0.2) is 0 Å². The lowest BCUT2D eigenvalue weighted by atomic mass is 10.1. The molecule has 0 bridgehead atoms. The number of hydrogen-bond donors (Lipinski definition) is 1. The predicted octanol–water partition coefficient (Wildman–Crippen LogP) is 2.15. The minimum atomic E-state index is 0.145. The van der Waals surface area contributed by atoms with Crippen LogP contribution in [0.15, 0.2) is 12.2 Å². The molecule has 52 valence electrons. The van der Waals surface area contributed by atoms with Gasteiger partial charge in [0.25, 0.3) is 0 Å². The second-order valence-corrected chi connectivity index (χ2v) is 4.87. The van der Waals surface area contributed by atoms with E-state index in [0.717, 1.165) is 0 Å². The Kier molecular flexibility index (Phi) is 1.93. The van der Waals surface area contributed by atoms with Crippen LogP contribution in [0.5, 0.6) is 0 Å². The fraction of sp³-hybridized carbons (Fsp3) is 0.714. The molecule has 0 saturated carbocycles. The fourth-order valence-corrected chi connectivity index (χ4v) is 2.43. The minimum Gasteiger partial charge on any atom is -0.282 e. The predicted molar refractivity (Wildman–Crippen MR) is 43.7 cm³/mol. The average Bonchev–Trinajstić information content (AvgIpc) is 2.44. The summed E-state index contributed by atoms with van der Waals surface area (Å²) < 4.78 is 0. The summed E-state index contributed by atoms with van der Waals surface area (Å²) in [4.78, 5) is 0. The molecular weight excluding hydrogens is 129 g/mol. The van der Waals surface area contributed by atoms with Crippen molar-refractivity contribution >= 4 is 8.07 Å². The Hall–Kier alpha value is 0.130. The summed E-state index contributed by atoms with van der Waals surface area (Å²) in [5.74, 6) is 1.33. The molecular formula is C7H14NP. The van der Waals surface area contributed by atoms with E-state index >= 15 is 0 Å². The number of nitrogens with one attached hydrogen (secondary N) is 1. The molecule has 0 spiro atoms. The maximum atomic E-state index is 4.02. The van der Waals surface area contributed by atoms with Gasteiger partial charge in [-0.1, -0.05) is 26.0 Å². The Morgan fingerprint density at radius 2 is 2.11 bits per heavy atom.